The van der Waals surface area contributed by atoms with E-state index < -0.39 is 0 Å². The number of ether oxygens (including phenoxy) is 1. The summed E-state index contributed by atoms with van der Waals surface area (Å²) in [4.78, 5) is 2.57. The fraction of sp³-hybridized carbons (Fsp3) is 0.684. The molecular formula is C19H32Cl2N2O2. The highest BCUT2D eigenvalue weighted by Gasteiger charge is 2.33. The largest absolute Gasteiger partial charge is 0.504 e. The van der Waals surface area contributed by atoms with E-state index >= 15 is 0 Å². The normalized spacial score (nSPS) is 20.2. The summed E-state index contributed by atoms with van der Waals surface area (Å²) in [6, 6.07) is 6.31. The van der Waals surface area contributed by atoms with E-state index in [0.29, 0.717) is 30.1 Å². The van der Waals surface area contributed by atoms with Gasteiger partial charge in [-0.05, 0) is 31.7 Å². The van der Waals surface area contributed by atoms with Crippen molar-refractivity contribution in [1.82, 2.24) is 10.2 Å². The molecule has 1 saturated heterocycles. The maximum absolute atomic E-state index is 10.8. The number of piperazine rings is 1. The standard InChI is InChI=1S/C19H30N2O2.2ClH/c1-2-23-17-10-6-9-16(19(17)22)18(15-7-4-3-5-8-15)21-13-11-20-12-14-21;;/h6,9-10,15,18,20,22H,2-5,7-8,11-14H2,1H3;2*1H/t18-;;/m0../s1. The molecule has 1 aromatic rings. The van der Waals surface area contributed by atoms with Crippen molar-refractivity contribution in [2.45, 2.75) is 45.1 Å². The molecule has 2 fully saturated rings. The van der Waals surface area contributed by atoms with Crippen LogP contribution >= 0.6 is 24.8 Å². The van der Waals surface area contributed by atoms with E-state index in [1.807, 2.05) is 19.1 Å². The van der Waals surface area contributed by atoms with Crippen LogP contribution in [0.3, 0.4) is 0 Å². The molecule has 4 nitrogen and oxygen atoms in total. The van der Waals surface area contributed by atoms with E-state index in [1.165, 1.54) is 32.1 Å². The van der Waals surface area contributed by atoms with Gasteiger partial charge in [0.25, 0.3) is 0 Å². The first-order valence-electron chi connectivity index (χ1n) is 9.20. The lowest BCUT2D eigenvalue weighted by atomic mass is 9.80. The summed E-state index contributed by atoms with van der Waals surface area (Å²) < 4.78 is 5.62. The molecule has 0 aromatic heterocycles. The summed E-state index contributed by atoms with van der Waals surface area (Å²) in [5, 5.41) is 14.2. The molecule has 1 saturated carbocycles. The van der Waals surface area contributed by atoms with Crippen molar-refractivity contribution < 1.29 is 9.84 Å². The number of rotatable bonds is 5. The van der Waals surface area contributed by atoms with Crippen LogP contribution in [0.1, 0.15) is 50.6 Å². The zero-order valence-electron chi connectivity index (χ0n) is 15.1. The van der Waals surface area contributed by atoms with Gasteiger partial charge >= 0.3 is 0 Å². The Morgan fingerprint density at radius 3 is 2.48 bits per heavy atom. The van der Waals surface area contributed by atoms with Crippen LogP contribution in [0, 0.1) is 5.92 Å². The van der Waals surface area contributed by atoms with Crippen LogP contribution in [0.25, 0.3) is 0 Å². The highest BCUT2D eigenvalue weighted by atomic mass is 35.5. The molecule has 2 aliphatic rings. The van der Waals surface area contributed by atoms with Crippen molar-refractivity contribution in [3.05, 3.63) is 23.8 Å². The molecule has 1 aromatic carbocycles. The summed E-state index contributed by atoms with van der Waals surface area (Å²) in [6.07, 6.45) is 6.54. The number of phenols is 1. The van der Waals surface area contributed by atoms with Crippen LogP contribution in [0.4, 0.5) is 0 Å². The number of phenolic OH excluding ortho intramolecular Hbond substituents is 1. The highest BCUT2D eigenvalue weighted by Crippen LogP contribution is 2.44. The predicted molar refractivity (Wildman–Crippen MR) is 108 cm³/mol. The monoisotopic (exact) mass is 390 g/mol. The van der Waals surface area contributed by atoms with Gasteiger partial charge in [0.1, 0.15) is 0 Å². The first kappa shape index (κ1) is 22.4. The Bertz CT molecular complexity index is 486. The molecular weight excluding hydrogens is 359 g/mol. The summed E-state index contributed by atoms with van der Waals surface area (Å²) in [5.41, 5.74) is 1.06. The molecule has 1 aliphatic carbocycles. The van der Waals surface area contributed by atoms with Gasteiger partial charge in [0.15, 0.2) is 11.5 Å². The average molecular weight is 391 g/mol. The number of para-hydroxylation sites is 1. The van der Waals surface area contributed by atoms with E-state index in [4.69, 9.17) is 4.74 Å². The van der Waals surface area contributed by atoms with Crippen molar-refractivity contribution in [3.63, 3.8) is 0 Å². The van der Waals surface area contributed by atoms with Crippen molar-refractivity contribution in [1.29, 1.82) is 0 Å². The van der Waals surface area contributed by atoms with Gasteiger partial charge in [-0.1, -0.05) is 31.4 Å². The molecule has 144 valence electrons. The van der Waals surface area contributed by atoms with Crippen molar-refractivity contribution >= 4 is 24.8 Å². The number of halogens is 2. The van der Waals surface area contributed by atoms with Gasteiger partial charge in [-0.2, -0.15) is 0 Å². The second-order valence-electron chi connectivity index (χ2n) is 6.76. The molecule has 0 amide bonds. The molecule has 25 heavy (non-hydrogen) atoms. The Labute approximate surface area is 164 Å². The van der Waals surface area contributed by atoms with Crippen LogP contribution in [0.15, 0.2) is 18.2 Å². The highest BCUT2D eigenvalue weighted by molar-refractivity contribution is 5.85. The molecule has 1 heterocycles. The lowest BCUT2D eigenvalue weighted by Gasteiger charge is -2.41. The predicted octanol–water partition coefficient (Wildman–Crippen LogP) is 4.16. The zero-order chi connectivity index (χ0) is 16.1. The number of benzene rings is 1. The molecule has 0 bridgehead atoms. The smallest absolute Gasteiger partial charge is 0.162 e. The molecule has 1 aliphatic heterocycles. The Balaban J connectivity index is 0.00000156. The van der Waals surface area contributed by atoms with Gasteiger partial charge in [0.05, 0.1) is 6.61 Å². The minimum absolute atomic E-state index is 0. The first-order chi connectivity index (χ1) is 11.3. The van der Waals surface area contributed by atoms with Gasteiger partial charge in [-0.15, -0.1) is 24.8 Å². The van der Waals surface area contributed by atoms with Crippen LogP contribution in [0.5, 0.6) is 11.5 Å². The second-order valence-corrected chi connectivity index (χ2v) is 6.76. The summed E-state index contributed by atoms with van der Waals surface area (Å²) in [6.45, 7) is 6.73. The van der Waals surface area contributed by atoms with Gasteiger partial charge < -0.3 is 15.2 Å². The number of nitrogens with zero attached hydrogens (tertiary/aromatic N) is 1. The molecule has 0 unspecified atom stereocenters. The van der Waals surface area contributed by atoms with Gasteiger partial charge in [0, 0.05) is 37.8 Å². The van der Waals surface area contributed by atoms with E-state index in [2.05, 4.69) is 16.3 Å². The fourth-order valence-electron chi connectivity index (χ4n) is 4.21. The lowest BCUT2D eigenvalue weighted by molar-refractivity contribution is 0.101. The Kier molecular flexibility index (Phi) is 9.95. The van der Waals surface area contributed by atoms with Crippen LogP contribution in [-0.2, 0) is 0 Å². The van der Waals surface area contributed by atoms with Crippen molar-refractivity contribution in [3.8, 4) is 11.5 Å². The number of hydrogen-bond donors (Lipinski definition) is 2. The maximum atomic E-state index is 10.8. The average Bonchev–Trinajstić information content (AvgIpc) is 2.60. The molecule has 0 radical (unpaired) electrons. The van der Waals surface area contributed by atoms with Gasteiger partial charge in [-0.25, -0.2) is 0 Å². The Morgan fingerprint density at radius 1 is 1.16 bits per heavy atom. The summed E-state index contributed by atoms with van der Waals surface area (Å²) >= 11 is 0. The Morgan fingerprint density at radius 2 is 1.84 bits per heavy atom. The SMILES string of the molecule is CCOc1cccc([C@H](C2CCCCC2)N2CCNCC2)c1O.Cl.Cl. The number of aromatic hydroxyl groups is 1. The summed E-state index contributed by atoms with van der Waals surface area (Å²) in [5.74, 6) is 1.62. The summed E-state index contributed by atoms with van der Waals surface area (Å²) in [7, 11) is 0. The molecule has 3 rings (SSSR count). The quantitative estimate of drug-likeness (QED) is 0.791. The third-order valence-corrected chi connectivity index (χ3v) is 5.29. The maximum Gasteiger partial charge on any atom is 0.162 e. The number of hydrogen-bond acceptors (Lipinski definition) is 4. The molecule has 6 heteroatoms. The van der Waals surface area contributed by atoms with E-state index in [0.717, 1.165) is 31.7 Å². The van der Waals surface area contributed by atoms with Crippen molar-refractivity contribution in [2.75, 3.05) is 32.8 Å². The van der Waals surface area contributed by atoms with Gasteiger partial charge in [-0.3, -0.25) is 4.90 Å². The van der Waals surface area contributed by atoms with Crippen LogP contribution in [-0.4, -0.2) is 42.8 Å². The van der Waals surface area contributed by atoms with E-state index in [1.54, 1.807) is 0 Å². The minimum Gasteiger partial charge on any atom is -0.504 e. The first-order valence-corrected chi connectivity index (χ1v) is 9.20. The lowest BCUT2D eigenvalue weighted by Crippen LogP contribution is -2.47. The Hall–Kier alpha value is -0.680. The number of nitrogens with one attached hydrogen (secondary N) is 1. The van der Waals surface area contributed by atoms with Crippen LogP contribution < -0.4 is 10.1 Å². The van der Waals surface area contributed by atoms with Gasteiger partial charge in [0.2, 0.25) is 0 Å². The molecule has 0 spiro atoms. The third kappa shape index (κ3) is 5.40. The molecule has 1 atom stereocenters. The second kappa shape index (κ2) is 11.1. The fourth-order valence-corrected chi connectivity index (χ4v) is 4.21. The van der Waals surface area contributed by atoms with Crippen molar-refractivity contribution in [2.24, 2.45) is 5.92 Å². The topological polar surface area (TPSA) is 44.7 Å². The minimum atomic E-state index is 0. The molecule has 2 N–H and O–H groups in total. The zero-order valence-corrected chi connectivity index (χ0v) is 16.7. The van der Waals surface area contributed by atoms with Crippen LogP contribution in [0.2, 0.25) is 0 Å². The van der Waals surface area contributed by atoms with E-state index in [9.17, 15) is 5.11 Å². The van der Waals surface area contributed by atoms with E-state index in [-0.39, 0.29) is 24.8 Å². The third-order valence-electron chi connectivity index (χ3n) is 5.29.